The van der Waals surface area contributed by atoms with Crippen LogP contribution < -0.4 is 0 Å². The zero-order valence-corrected chi connectivity index (χ0v) is 39.3. The largest absolute Gasteiger partial charge is 0.459 e. The lowest BCUT2D eigenvalue weighted by Gasteiger charge is -2.48. The molecule has 18 nitrogen and oxygen atoms in total. The van der Waals surface area contributed by atoms with E-state index in [4.69, 9.17) is 37.8 Å². The van der Waals surface area contributed by atoms with E-state index in [1.807, 2.05) is 38.9 Å². The molecule has 2 aromatic rings. The van der Waals surface area contributed by atoms with Gasteiger partial charge in [-0.25, -0.2) is 4.99 Å². The van der Waals surface area contributed by atoms with Gasteiger partial charge in [0.15, 0.2) is 30.5 Å². The molecule has 64 heavy (non-hydrogen) atoms. The molecular weight excluding hydrogens is 831 g/mol. The molecule has 0 unspecified atom stereocenters. The highest BCUT2D eigenvalue weighted by atomic mass is 16.7. The molecule has 3 saturated heterocycles. The van der Waals surface area contributed by atoms with Crippen molar-refractivity contribution in [3.05, 3.63) is 36.3 Å². The Hall–Kier alpha value is -4.46. The summed E-state index contributed by atoms with van der Waals surface area (Å²) in [5.41, 5.74) is -1.39. The number of Topliss-reactive ketones (excluding diaryl/α,β-unsaturated/α-hetero) is 1. The standard InChI is InChI=1S/C46H67N5O13/c1-13-36-46(10,56)42-27(5)38(49-37(53)14-2)25(3)20-45(9,58-23-33(22-57-42)50-59-24-32-16-15-31(21-47-32)35-17-18-48-64-35)41(28(6)39(54)29(7)43(55)62-36)63-44-40(61-30(8)52)34(51(11)12)19-26(4)60-44/h15-18,21,25-29,34,36,40-42,44,56H,13-14,19-20,22-24H2,1-12H3/b49-38+,50-33?/t25-,26-,27+,28+,29-,34+,36-,40-,41-,42-,44+,45-,46-/m1/s1. The maximum Gasteiger partial charge on any atom is 0.316 e. The molecule has 0 radical (unpaired) electrons. The molecule has 2 aromatic heterocycles. The van der Waals surface area contributed by atoms with Gasteiger partial charge >= 0.3 is 11.9 Å². The molecule has 1 N–H and O–H groups in total. The van der Waals surface area contributed by atoms with E-state index in [9.17, 15) is 24.3 Å². The number of likely N-dealkylation sites (N-methyl/N-ethyl adjacent to an activating group) is 1. The first kappa shape index (κ1) is 50.5. The van der Waals surface area contributed by atoms with Gasteiger partial charge in [0.25, 0.3) is 0 Å². The summed E-state index contributed by atoms with van der Waals surface area (Å²) in [5, 5.41) is 20.7. The summed E-state index contributed by atoms with van der Waals surface area (Å²) in [7, 11) is 3.74. The topological polar surface area (TPSA) is 220 Å². The van der Waals surface area contributed by atoms with E-state index in [1.165, 1.54) is 20.8 Å². The molecule has 5 rings (SSSR count). The first-order valence-corrected chi connectivity index (χ1v) is 22.2. The summed E-state index contributed by atoms with van der Waals surface area (Å²) >= 11 is 0. The molecule has 2 bridgehead atoms. The van der Waals surface area contributed by atoms with Crippen LogP contribution in [0, 0.1) is 23.7 Å². The van der Waals surface area contributed by atoms with Crippen LogP contribution in [0.5, 0.6) is 0 Å². The lowest BCUT2D eigenvalue weighted by atomic mass is 9.73. The average Bonchev–Trinajstić information content (AvgIpc) is 3.79. The van der Waals surface area contributed by atoms with Gasteiger partial charge in [0.2, 0.25) is 5.91 Å². The molecule has 13 atom stereocenters. The summed E-state index contributed by atoms with van der Waals surface area (Å²) < 4.78 is 44.1. The molecule has 5 heterocycles. The Balaban J connectivity index is 1.67. The van der Waals surface area contributed by atoms with E-state index in [1.54, 1.807) is 59.1 Å². The van der Waals surface area contributed by atoms with Crippen molar-refractivity contribution < 1.29 is 62.1 Å². The fraction of sp³-hybridized carbons (Fsp3) is 0.696. The van der Waals surface area contributed by atoms with Gasteiger partial charge in [-0.15, -0.1) is 0 Å². The van der Waals surface area contributed by atoms with Gasteiger partial charge in [-0.3, -0.25) is 24.2 Å². The van der Waals surface area contributed by atoms with Crippen molar-refractivity contribution in [2.45, 2.75) is 156 Å². The summed E-state index contributed by atoms with van der Waals surface area (Å²) in [4.78, 5) is 71.5. The van der Waals surface area contributed by atoms with Crippen molar-refractivity contribution >= 4 is 35.1 Å². The van der Waals surface area contributed by atoms with Gasteiger partial charge in [0, 0.05) is 48.7 Å². The predicted molar refractivity (Wildman–Crippen MR) is 233 cm³/mol. The Morgan fingerprint density at radius 2 is 1.77 bits per heavy atom. The third-order valence-electron chi connectivity index (χ3n) is 12.6. The van der Waals surface area contributed by atoms with Gasteiger partial charge in [0.05, 0.1) is 55.1 Å². The van der Waals surface area contributed by atoms with Crippen LogP contribution in [0.4, 0.5) is 0 Å². The molecule has 18 heteroatoms. The molecule has 0 spiro atoms. The van der Waals surface area contributed by atoms with Crippen LogP contribution in [0.3, 0.4) is 0 Å². The first-order valence-electron chi connectivity index (χ1n) is 22.2. The van der Waals surface area contributed by atoms with Crippen molar-refractivity contribution in [1.82, 2.24) is 15.0 Å². The highest BCUT2D eigenvalue weighted by molar-refractivity contribution is 6.00. The number of esters is 2. The minimum atomic E-state index is -1.88. The molecule has 0 aromatic carbocycles. The zero-order chi connectivity index (χ0) is 47.1. The number of pyridine rings is 1. The van der Waals surface area contributed by atoms with E-state index in [-0.39, 0.29) is 56.9 Å². The number of oxime groups is 1. The van der Waals surface area contributed by atoms with E-state index < -0.39 is 89.2 Å². The van der Waals surface area contributed by atoms with Crippen molar-refractivity contribution in [3.8, 4) is 11.3 Å². The number of aliphatic hydroxyl groups is 1. The third-order valence-corrected chi connectivity index (χ3v) is 12.6. The Bertz CT molecular complexity index is 1970. The fourth-order valence-corrected chi connectivity index (χ4v) is 9.16. The number of cyclic esters (lactones) is 1. The number of ether oxygens (including phenoxy) is 6. The second-order valence-corrected chi connectivity index (χ2v) is 18.0. The highest BCUT2D eigenvalue weighted by Gasteiger charge is 2.53. The summed E-state index contributed by atoms with van der Waals surface area (Å²) in [6.45, 7) is 16.2. The Morgan fingerprint density at radius 3 is 2.38 bits per heavy atom. The summed E-state index contributed by atoms with van der Waals surface area (Å²) in [5.74, 6) is -5.43. The SMILES string of the molecule is CCC(=O)/N=C1\[C@H](C)C[C@@]2(C)OCC(=NOCc3ccc(-c4ccno4)cn3)CO[C@H]([C@H]1C)[C@](C)(O)[C@@H](CC)OC(=O)[C@H](C)C(=O)[C@H](C)[C@H]2O[C@@H]1O[C@H](C)C[C@H](N(C)C)[C@H]1OC(C)=O. The van der Waals surface area contributed by atoms with E-state index in [0.717, 1.165) is 5.56 Å². The van der Waals surface area contributed by atoms with Crippen LogP contribution in [0.15, 0.2) is 45.3 Å². The second kappa shape index (κ2) is 21.7. The van der Waals surface area contributed by atoms with Crippen LogP contribution in [0.25, 0.3) is 11.3 Å². The quantitative estimate of drug-likeness (QED) is 0.186. The number of aliphatic imine (C=N–C) groups is 1. The zero-order valence-electron chi connectivity index (χ0n) is 39.3. The number of amides is 1. The number of rotatable bonds is 10. The van der Waals surface area contributed by atoms with E-state index in [2.05, 4.69) is 20.3 Å². The maximum absolute atomic E-state index is 14.7. The maximum atomic E-state index is 14.7. The lowest BCUT2D eigenvalue weighted by Crippen LogP contribution is -2.60. The lowest BCUT2D eigenvalue weighted by molar-refractivity contribution is -0.298. The van der Waals surface area contributed by atoms with Crippen LogP contribution in [0.1, 0.15) is 101 Å². The van der Waals surface area contributed by atoms with E-state index in [0.29, 0.717) is 23.6 Å². The second-order valence-electron chi connectivity index (χ2n) is 18.0. The minimum absolute atomic E-state index is 0.0349. The molecule has 1 amide bonds. The van der Waals surface area contributed by atoms with Crippen LogP contribution >= 0.6 is 0 Å². The Labute approximate surface area is 375 Å². The number of carbonyl (C=O) groups is 4. The van der Waals surface area contributed by atoms with Gasteiger partial charge in [-0.05, 0) is 79.1 Å². The Morgan fingerprint density at radius 1 is 1.03 bits per heavy atom. The van der Waals surface area contributed by atoms with Gasteiger partial charge in [-0.2, -0.15) is 0 Å². The molecule has 3 aliphatic heterocycles. The number of carbonyl (C=O) groups excluding carboxylic acids is 4. The summed E-state index contributed by atoms with van der Waals surface area (Å²) in [6.07, 6.45) is -1.88. The molecule has 3 aliphatic rings. The minimum Gasteiger partial charge on any atom is -0.459 e. The highest BCUT2D eigenvalue weighted by Crippen LogP contribution is 2.40. The molecule has 0 aliphatic carbocycles. The average molecular weight is 898 g/mol. The number of nitrogens with zero attached hydrogens (tertiary/aromatic N) is 5. The predicted octanol–water partition coefficient (Wildman–Crippen LogP) is 5.13. The summed E-state index contributed by atoms with van der Waals surface area (Å²) in [6, 6.07) is 4.98. The molecular formula is C46H67N5O13. The third kappa shape index (κ3) is 11.9. The van der Waals surface area contributed by atoms with Gasteiger partial charge in [0.1, 0.15) is 23.3 Å². The van der Waals surface area contributed by atoms with Crippen molar-refractivity contribution in [1.29, 1.82) is 0 Å². The number of fused-ring (bicyclic) bond motifs is 5. The molecule has 354 valence electrons. The van der Waals surface area contributed by atoms with E-state index >= 15 is 0 Å². The number of aromatic nitrogens is 2. The van der Waals surface area contributed by atoms with Crippen LogP contribution in [-0.4, -0.2) is 137 Å². The van der Waals surface area contributed by atoms with Gasteiger partial charge in [-0.1, -0.05) is 44.9 Å². The van der Waals surface area contributed by atoms with Crippen molar-refractivity contribution in [2.75, 3.05) is 27.3 Å². The normalized spacial score (nSPS) is 35.9. The van der Waals surface area contributed by atoms with Crippen molar-refractivity contribution in [3.63, 3.8) is 0 Å². The molecule has 3 fully saturated rings. The van der Waals surface area contributed by atoms with Crippen LogP contribution in [0.2, 0.25) is 0 Å². The first-order chi connectivity index (χ1) is 30.2. The number of hydrogen-bond donors (Lipinski definition) is 1. The monoisotopic (exact) mass is 897 g/mol. The smallest absolute Gasteiger partial charge is 0.316 e. The van der Waals surface area contributed by atoms with Gasteiger partial charge < -0.3 is 47.8 Å². The Kier molecular flexibility index (Phi) is 17.1. The van der Waals surface area contributed by atoms with Crippen molar-refractivity contribution in [2.24, 2.45) is 33.8 Å². The molecule has 0 saturated carbocycles. The van der Waals surface area contributed by atoms with Crippen LogP contribution in [-0.2, 0) is 59.0 Å². The number of ketones is 1. The fourth-order valence-electron chi connectivity index (χ4n) is 9.16. The number of hydrogen-bond acceptors (Lipinski definition) is 17.